The number of rotatable bonds is 2. The van der Waals surface area contributed by atoms with Gasteiger partial charge in [0.2, 0.25) is 0 Å². The lowest BCUT2D eigenvalue weighted by molar-refractivity contribution is 0.00830. The maximum absolute atomic E-state index is 5.79. The number of hydrogen-bond acceptors (Lipinski definition) is 3. The molecule has 2 heterocycles. The van der Waals surface area contributed by atoms with Crippen LogP contribution in [0.15, 0.2) is 6.33 Å². The summed E-state index contributed by atoms with van der Waals surface area (Å²) in [4.78, 5) is 0. The number of alkyl halides is 1. The Labute approximate surface area is 88.2 Å². The molecule has 5 heteroatoms. The molecule has 1 aromatic rings. The second-order valence-corrected chi connectivity index (χ2v) is 4.17. The Kier molecular flexibility index (Phi) is 2.74. The van der Waals surface area contributed by atoms with Gasteiger partial charge in [0, 0.05) is 6.61 Å². The molecule has 0 amide bonds. The van der Waals surface area contributed by atoms with Gasteiger partial charge in [-0.1, -0.05) is 0 Å². The minimum absolute atomic E-state index is 0.0219. The molecule has 1 atom stereocenters. The van der Waals surface area contributed by atoms with Gasteiger partial charge in [-0.25, -0.2) is 0 Å². The first-order valence-electron chi connectivity index (χ1n) is 4.79. The number of ether oxygens (including phenoxy) is 1. The zero-order chi connectivity index (χ0) is 10.0. The van der Waals surface area contributed by atoms with Crippen LogP contribution < -0.4 is 0 Å². The molecular formula is C9H14ClN3O. The van der Waals surface area contributed by atoms with E-state index in [0.717, 1.165) is 31.9 Å². The summed E-state index contributed by atoms with van der Waals surface area (Å²) in [5.74, 6) is 1.22. The number of hydrogen-bond donors (Lipinski definition) is 0. The molecule has 1 aliphatic heterocycles. The quantitative estimate of drug-likeness (QED) is 0.703. The molecule has 0 radical (unpaired) electrons. The van der Waals surface area contributed by atoms with E-state index in [4.69, 9.17) is 16.3 Å². The zero-order valence-corrected chi connectivity index (χ0v) is 9.00. The first kappa shape index (κ1) is 9.93. The topological polar surface area (TPSA) is 39.9 Å². The fourth-order valence-electron chi connectivity index (χ4n) is 1.91. The number of aromatic nitrogens is 3. The lowest BCUT2D eigenvalue weighted by Gasteiger charge is -2.35. The highest BCUT2D eigenvalue weighted by Gasteiger charge is 2.31. The Morgan fingerprint density at radius 1 is 1.71 bits per heavy atom. The van der Waals surface area contributed by atoms with Crippen LogP contribution in [0.3, 0.4) is 0 Å². The normalized spacial score (nSPS) is 27.9. The monoisotopic (exact) mass is 215 g/mol. The summed E-state index contributed by atoms with van der Waals surface area (Å²) in [6.45, 7) is 3.73. The average molecular weight is 216 g/mol. The Balaban J connectivity index is 2.27. The van der Waals surface area contributed by atoms with Crippen molar-refractivity contribution < 1.29 is 4.74 Å². The van der Waals surface area contributed by atoms with Crippen LogP contribution in [0.1, 0.15) is 25.6 Å². The molecule has 2 rings (SSSR count). The van der Waals surface area contributed by atoms with E-state index in [1.165, 1.54) is 0 Å². The van der Waals surface area contributed by atoms with E-state index < -0.39 is 0 Å². The highest BCUT2D eigenvalue weighted by Crippen LogP contribution is 2.27. The molecule has 1 fully saturated rings. The van der Waals surface area contributed by atoms with Crippen LogP contribution in [0.2, 0.25) is 0 Å². The third-order valence-corrected chi connectivity index (χ3v) is 2.98. The predicted octanol–water partition coefficient (Wildman–Crippen LogP) is 1.54. The van der Waals surface area contributed by atoms with Crippen molar-refractivity contribution in [2.75, 3.05) is 13.2 Å². The molecule has 1 aliphatic rings. The van der Waals surface area contributed by atoms with Crippen LogP contribution in [-0.4, -0.2) is 28.0 Å². The highest BCUT2D eigenvalue weighted by molar-refractivity contribution is 6.16. The highest BCUT2D eigenvalue weighted by atomic mass is 35.5. The molecule has 1 saturated heterocycles. The molecule has 14 heavy (non-hydrogen) atoms. The minimum atomic E-state index is -0.0219. The Hall–Kier alpha value is -0.610. The van der Waals surface area contributed by atoms with Gasteiger partial charge in [-0.2, -0.15) is 0 Å². The predicted molar refractivity (Wildman–Crippen MR) is 53.3 cm³/mol. The summed E-state index contributed by atoms with van der Waals surface area (Å²) >= 11 is 5.79. The molecule has 4 nitrogen and oxygen atoms in total. The van der Waals surface area contributed by atoms with Gasteiger partial charge in [-0.05, 0) is 19.8 Å². The van der Waals surface area contributed by atoms with E-state index in [2.05, 4.69) is 17.1 Å². The minimum Gasteiger partial charge on any atom is -0.379 e. The molecule has 0 aromatic carbocycles. The maximum Gasteiger partial charge on any atom is 0.148 e. The van der Waals surface area contributed by atoms with Crippen molar-refractivity contribution in [2.24, 2.45) is 0 Å². The lowest BCUT2D eigenvalue weighted by atomic mass is 9.94. The van der Waals surface area contributed by atoms with Gasteiger partial charge in [-0.3, -0.25) is 0 Å². The van der Waals surface area contributed by atoms with Crippen LogP contribution >= 0.6 is 11.6 Å². The first-order chi connectivity index (χ1) is 6.76. The van der Waals surface area contributed by atoms with Gasteiger partial charge in [0.05, 0.1) is 18.0 Å². The zero-order valence-electron chi connectivity index (χ0n) is 8.24. The van der Waals surface area contributed by atoms with Gasteiger partial charge >= 0.3 is 0 Å². The van der Waals surface area contributed by atoms with Crippen LogP contribution in [-0.2, 0) is 16.2 Å². The van der Waals surface area contributed by atoms with E-state index >= 15 is 0 Å². The van der Waals surface area contributed by atoms with E-state index in [0.29, 0.717) is 5.88 Å². The molecule has 0 spiro atoms. The Morgan fingerprint density at radius 2 is 2.57 bits per heavy atom. The van der Waals surface area contributed by atoms with Gasteiger partial charge in [0.15, 0.2) is 0 Å². The van der Waals surface area contributed by atoms with Crippen molar-refractivity contribution in [1.29, 1.82) is 0 Å². The van der Waals surface area contributed by atoms with Crippen molar-refractivity contribution in [2.45, 2.75) is 31.2 Å². The maximum atomic E-state index is 5.79. The summed E-state index contributed by atoms with van der Waals surface area (Å²) in [6.07, 6.45) is 3.91. The van der Waals surface area contributed by atoms with Gasteiger partial charge in [0.25, 0.3) is 0 Å². The van der Waals surface area contributed by atoms with E-state index in [-0.39, 0.29) is 5.54 Å². The van der Waals surface area contributed by atoms with Crippen LogP contribution in [0.4, 0.5) is 0 Å². The number of nitrogens with zero attached hydrogens (tertiary/aromatic N) is 3. The molecule has 1 unspecified atom stereocenters. The van der Waals surface area contributed by atoms with Crippen molar-refractivity contribution in [3.8, 4) is 0 Å². The second kappa shape index (κ2) is 3.87. The SMILES string of the molecule is CC1(n2cnnc2CCl)CCCOC1. The van der Waals surface area contributed by atoms with Crippen molar-refractivity contribution >= 4 is 11.6 Å². The van der Waals surface area contributed by atoms with Crippen molar-refractivity contribution in [1.82, 2.24) is 14.8 Å². The van der Waals surface area contributed by atoms with Crippen LogP contribution in [0.25, 0.3) is 0 Å². The summed E-state index contributed by atoms with van der Waals surface area (Å²) in [5, 5.41) is 7.87. The van der Waals surface area contributed by atoms with Gasteiger partial charge in [0.1, 0.15) is 12.2 Å². The third kappa shape index (κ3) is 1.64. The fraction of sp³-hybridized carbons (Fsp3) is 0.778. The smallest absolute Gasteiger partial charge is 0.148 e. The summed E-state index contributed by atoms with van der Waals surface area (Å²) < 4.78 is 7.53. The van der Waals surface area contributed by atoms with E-state index in [1.807, 2.05) is 4.57 Å². The molecule has 0 bridgehead atoms. The van der Waals surface area contributed by atoms with Crippen LogP contribution in [0.5, 0.6) is 0 Å². The third-order valence-electron chi connectivity index (χ3n) is 2.74. The van der Waals surface area contributed by atoms with E-state index in [1.54, 1.807) is 6.33 Å². The molecule has 78 valence electrons. The van der Waals surface area contributed by atoms with E-state index in [9.17, 15) is 0 Å². The summed E-state index contributed by atoms with van der Waals surface area (Å²) in [6, 6.07) is 0. The first-order valence-corrected chi connectivity index (χ1v) is 5.33. The Morgan fingerprint density at radius 3 is 3.21 bits per heavy atom. The molecular weight excluding hydrogens is 202 g/mol. The largest absolute Gasteiger partial charge is 0.379 e. The molecule has 0 N–H and O–H groups in total. The summed E-state index contributed by atoms with van der Waals surface area (Å²) in [7, 11) is 0. The molecule has 1 aromatic heterocycles. The fourth-order valence-corrected chi connectivity index (χ4v) is 2.09. The van der Waals surface area contributed by atoms with Crippen molar-refractivity contribution in [3.63, 3.8) is 0 Å². The van der Waals surface area contributed by atoms with Gasteiger partial charge < -0.3 is 9.30 Å². The lowest BCUT2D eigenvalue weighted by Crippen LogP contribution is -2.39. The molecule has 0 aliphatic carbocycles. The average Bonchev–Trinajstić information content (AvgIpc) is 2.67. The summed E-state index contributed by atoms with van der Waals surface area (Å²) in [5.41, 5.74) is -0.0219. The van der Waals surface area contributed by atoms with Crippen molar-refractivity contribution in [3.05, 3.63) is 12.2 Å². The molecule has 0 saturated carbocycles. The van der Waals surface area contributed by atoms with Crippen LogP contribution in [0, 0.1) is 0 Å². The van der Waals surface area contributed by atoms with Gasteiger partial charge in [-0.15, -0.1) is 21.8 Å². The Bertz CT molecular complexity index is 307. The number of halogens is 1. The standard InChI is InChI=1S/C9H14ClN3O/c1-9(3-2-4-14-6-9)13-7-11-12-8(13)5-10/h7H,2-6H2,1H3. The second-order valence-electron chi connectivity index (χ2n) is 3.90.